The van der Waals surface area contributed by atoms with Crippen LogP contribution in [0, 0.1) is 13.8 Å². The molecule has 108 heavy (non-hydrogen) atoms. The third kappa shape index (κ3) is 9.21. The van der Waals surface area contributed by atoms with Crippen LogP contribution in [0.4, 0.5) is 0 Å². The molecule has 518 valence electrons. The van der Waals surface area contributed by atoms with E-state index in [1.54, 1.807) is 0 Å². The maximum atomic E-state index is 6.40. The fraction of sp³-hybridized carbons (Fsp3) is 0.143. The van der Waals surface area contributed by atoms with Crippen molar-refractivity contribution in [3.8, 4) is 75.5 Å². The SMILES string of the molecule is CCCOc1ccc2c(c1)c1cc(OCCC)ccc1c1nc3c(-c4cccc5c4-c4ccccc4C5(C)Cc4ccc(-c5sc(-c6cccc7c6sc6ccccc67)c6nc7c8ccc(C)cc8c8cc(C)ccc8c7nc56)c5sc6ccccc6c45)sc(-c4cccc5c4-c4ccccc4C5(C)C)c3nc21. The van der Waals surface area contributed by atoms with Gasteiger partial charge in [0.25, 0.3) is 0 Å². The fourth-order valence-electron chi connectivity index (χ4n) is 18.6. The van der Waals surface area contributed by atoms with Gasteiger partial charge in [-0.25, -0.2) is 19.9 Å². The molecule has 10 heteroatoms. The summed E-state index contributed by atoms with van der Waals surface area (Å²) >= 11 is 7.48. The molecule has 22 rings (SSSR count). The third-order valence-corrected chi connectivity index (χ3v) is 28.4. The molecule has 6 nitrogen and oxygen atoms in total. The highest BCUT2D eigenvalue weighted by molar-refractivity contribution is 7.28. The molecule has 14 aromatic carbocycles. The molecule has 0 bridgehead atoms. The average Bonchev–Trinajstić information content (AvgIpc) is 1.49. The average molecular weight is 1460 g/mol. The van der Waals surface area contributed by atoms with Gasteiger partial charge in [-0.15, -0.1) is 45.3 Å². The first-order valence-electron chi connectivity index (χ1n) is 37.7. The van der Waals surface area contributed by atoms with Gasteiger partial charge in [-0.2, -0.15) is 0 Å². The summed E-state index contributed by atoms with van der Waals surface area (Å²) in [7, 11) is 0. The van der Waals surface area contributed by atoms with Gasteiger partial charge in [-0.05, 0) is 153 Å². The zero-order valence-electron chi connectivity index (χ0n) is 60.8. The Balaban J connectivity index is 0.763. The van der Waals surface area contributed by atoms with Crippen LogP contribution in [0.25, 0.3) is 192 Å². The molecule has 6 heterocycles. The molecular weight excluding hydrogens is 1390 g/mol. The van der Waals surface area contributed by atoms with Gasteiger partial charge in [0.15, 0.2) is 0 Å². The summed E-state index contributed by atoms with van der Waals surface area (Å²) in [6.07, 6.45) is 2.58. The molecule has 0 saturated heterocycles. The van der Waals surface area contributed by atoms with Crippen molar-refractivity contribution < 1.29 is 9.47 Å². The third-order valence-electron chi connectivity index (χ3n) is 23.5. The largest absolute Gasteiger partial charge is 0.494 e. The lowest BCUT2D eigenvalue weighted by molar-refractivity contribution is 0.317. The second-order valence-electron chi connectivity index (χ2n) is 30.5. The summed E-state index contributed by atoms with van der Waals surface area (Å²) in [5.74, 6) is 1.67. The molecule has 0 spiro atoms. The van der Waals surface area contributed by atoms with Crippen molar-refractivity contribution in [3.05, 3.63) is 276 Å². The van der Waals surface area contributed by atoms with Gasteiger partial charge in [-0.1, -0.05) is 234 Å². The lowest BCUT2D eigenvalue weighted by atomic mass is 9.74. The van der Waals surface area contributed by atoms with E-state index in [0.717, 1.165) is 132 Å². The number of hydrogen-bond donors (Lipinski definition) is 0. The molecule has 0 saturated carbocycles. The van der Waals surface area contributed by atoms with E-state index in [2.05, 4.69) is 285 Å². The van der Waals surface area contributed by atoms with Crippen LogP contribution in [-0.4, -0.2) is 33.1 Å². The Kier molecular flexibility index (Phi) is 14.1. The molecule has 0 radical (unpaired) electrons. The summed E-state index contributed by atoms with van der Waals surface area (Å²) in [4.78, 5) is 28.5. The first-order chi connectivity index (χ1) is 52.9. The second kappa shape index (κ2) is 23.9. The predicted molar refractivity (Wildman–Crippen MR) is 462 cm³/mol. The van der Waals surface area contributed by atoms with Crippen molar-refractivity contribution in [3.63, 3.8) is 0 Å². The Hall–Kier alpha value is -11.2. The summed E-state index contributed by atoms with van der Waals surface area (Å²) in [6.45, 7) is 17.2. The van der Waals surface area contributed by atoms with Crippen LogP contribution >= 0.6 is 45.3 Å². The van der Waals surface area contributed by atoms with Crippen LogP contribution in [0.2, 0.25) is 0 Å². The monoisotopic (exact) mass is 1460 g/mol. The Bertz CT molecular complexity index is 7350. The fourth-order valence-corrected chi connectivity index (χ4v) is 23.7. The number of aromatic nitrogens is 4. The quantitative estimate of drug-likeness (QED) is 0.114. The van der Waals surface area contributed by atoms with Crippen LogP contribution < -0.4 is 9.47 Å². The molecule has 0 amide bonds. The van der Waals surface area contributed by atoms with Gasteiger partial charge in [-0.3, -0.25) is 0 Å². The van der Waals surface area contributed by atoms with Gasteiger partial charge in [0.05, 0.1) is 54.8 Å². The summed E-state index contributed by atoms with van der Waals surface area (Å²) in [6, 6.07) is 88.6. The highest BCUT2D eigenvalue weighted by Gasteiger charge is 2.43. The van der Waals surface area contributed by atoms with E-state index >= 15 is 0 Å². The van der Waals surface area contributed by atoms with Crippen molar-refractivity contribution in [2.75, 3.05) is 13.2 Å². The molecule has 0 aliphatic heterocycles. The molecule has 1 unspecified atom stereocenters. The van der Waals surface area contributed by atoms with Crippen molar-refractivity contribution >= 4 is 173 Å². The first-order valence-corrected chi connectivity index (χ1v) is 40.9. The number of aryl methyl sites for hydroxylation is 2. The van der Waals surface area contributed by atoms with Gasteiger partial charge < -0.3 is 9.47 Å². The first kappa shape index (κ1) is 64.0. The molecule has 2 aliphatic rings. The number of fused-ring (bicyclic) bond motifs is 26. The molecule has 20 aromatic rings. The zero-order valence-corrected chi connectivity index (χ0v) is 64.1. The lowest BCUT2D eigenvalue weighted by Gasteiger charge is -2.28. The highest BCUT2D eigenvalue weighted by atomic mass is 32.1. The number of hydrogen-bond acceptors (Lipinski definition) is 10. The molecule has 1 atom stereocenters. The number of rotatable bonds is 12. The van der Waals surface area contributed by atoms with Gasteiger partial charge in [0, 0.05) is 95.0 Å². The van der Waals surface area contributed by atoms with E-state index in [1.807, 2.05) is 45.3 Å². The van der Waals surface area contributed by atoms with E-state index < -0.39 is 5.41 Å². The minimum atomic E-state index is -0.466. The maximum absolute atomic E-state index is 6.40. The number of benzene rings is 14. The van der Waals surface area contributed by atoms with E-state index in [0.29, 0.717) is 13.2 Å². The van der Waals surface area contributed by atoms with Crippen LogP contribution in [0.1, 0.15) is 86.4 Å². The highest BCUT2D eigenvalue weighted by Crippen LogP contribution is 2.60. The number of ether oxygens (including phenoxy) is 2. The van der Waals surface area contributed by atoms with Crippen LogP contribution in [-0.2, 0) is 17.3 Å². The van der Waals surface area contributed by atoms with Crippen molar-refractivity contribution in [2.45, 2.75) is 78.6 Å². The second-order valence-corrected chi connectivity index (χ2v) is 34.6. The van der Waals surface area contributed by atoms with E-state index in [9.17, 15) is 0 Å². The van der Waals surface area contributed by atoms with Crippen molar-refractivity contribution in [1.82, 2.24) is 19.9 Å². The van der Waals surface area contributed by atoms with Crippen molar-refractivity contribution in [1.29, 1.82) is 0 Å². The Labute approximate surface area is 640 Å². The minimum Gasteiger partial charge on any atom is -0.494 e. The Morgan fingerprint density at radius 1 is 0.315 bits per heavy atom. The van der Waals surface area contributed by atoms with E-state index in [4.69, 9.17) is 29.4 Å². The summed E-state index contributed by atoms with van der Waals surface area (Å²) in [5.41, 5.74) is 25.4. The van der Waals surface area contributed by atoms with Crippen molar-refractivity contribution in [2.24, 2.45) is 0 Å². The number of nitrogens with zero attached hydrogens (tertiary/aromatic N) is 4. The van der Waals surface area contributed by atoms with E-state index in [-0.39, 0.29) is 5.41 Å². The Morgan fingerprint density at radius 3 is 1.31 bits per heavy atom. The summed E-state index contributed by atoms with van der Waals surface area (Å²) in [5, 5.41) is 14.0. The number of thiophene rings is 4. The summed E-state index contributed by atoms with van der Waals surface area (Å²) < 4.78 is 17.9. The molecule has 0 N–H and O–H groups in total. The molecular formula is C98H70N4O2S4. The molecule has 0 fully saturated rings. The van der Waals surface area contributed by atoms with Crippen LogP contribution in [0.3, 0.4) is 0 Å². The zero-order chi connectivity index (χ0) is 72.2. The smallest absolute Gasteiger partial charge is 0.119 e. The Morgan fingerprint density at radius 2 is 0.731 bits per heavy atom. The molecule has 6 aromatic heterocycles. The minimum absolute atomic E-state index is 0.204. The molecule has 2 aliphatic carbocycles. The predicted octanol–water partition coefficient (Wildman–Crippen LogP) is 28.0. The van der Waals surface area contributed by atoms with Crippen LogP contribution in [0.15, 0.2) is 237 Å². The standard InChI is InChI=1S/C98H70N4O2S4/c1-8-45-103-55-38-43-60-72(49-55)73-50-56(104-46-9-2)39-44-61(73)86-85(60)99-87-88(100-86)94(107-93(87)66-26-19-31-76-81(66)63-22-10-14-29-74(63)97(76,5)6)67-27-20-32-77-82(67)64-23-11-15-30-75(64)98(77,7)51-54-37-42-69(92-80(54)65-24-13-17-34-79(65)106-92)96-90-89(95(108-96)68-28-18-25-62-57-21-12-16-33-78(57)105-91(62)68)101-83-58-40-35-52(3)47-70(58)71-48-53(4)36-41-59(71)84(83)102-90/h10-44,47-50H,8-9,45-46,51H2,1-7H3. The maximum Gasteiger partial charge on any atom is 0.119 e. The normalized spacial score (nSPS) is 14.5. The lowest BCUT2D eigenvalue weighted by Crippen LogP contribution is -2.24. The van der Waals surface area contributed by atoms with Gasteiger partial charge in [0.2, 0.25) is 0 Å². The van der Waals surface area contributed by atoms with Crippen LogP contribution in [0.5, 0.6) is 11.5 Å². The van der Waals surface area contributed by atoms with Gasteiger partial charge >= 0.3 is 0 Å². The van der Waals surface area contributed by atoms with Gasteiger partial charge in [0.1, 0.15) is 33.6 Å². The topological polar surface area (TPSA) is 70.0 Å². The van der Waals surface area contributed by atoms with E-state index in [1.165, 1.54) is 129 Å².